The molecule has 10 heteroatoms. The van der Waals surface area contributed by atoms with Crippen molar-refractivity contribution in [1.82, 2.24) is 15.3 Å². The van der Waals surface area contributed by atoms with Crippen LogP contribution in [0.3, 0.4) is 0 Å². The molecule has 2 aromatic heterocycles. The Morgan fingerprint density at radius 2 is 1.94 bits per heavy atom. The third kappa shape index (κ3) is 6.19. The number of amides is 1. The Kier molecular flexibility index (Phi) is 7.76. The summed E-state index contributed by atoms with van der Waals surface area (Å²) in [5, 5.41) is 3.39. The first-order valence-corrected chi connectivity index (χ1v) is 11.6. The summed E-state index contributed by atoms with van der Waals surface area (Å²) in [4.78, 5) is 23.7. The predicted molar refractivity (Wildman–Crippen MR) is 119 cm³/mol. The molecule has 176 valence electrons. The van der Waals surface area contributed by atoms with Gasteiger partial charge in [-0.1, -0.05) is 24.7 Å². The number of morpholine rings is 1. The highest BCUT2D eigenvalue weighted by atomic mass is 32.1. The van der Waals surface area contributed by atoms with Crippen LogP contribution in [0.2, 0.25) is 0 Å². The van der Waals surface area contributed by atoms with E-state index in [2.05, 4.69) is 15.3 Å². The van der Waals surface area contributed by atoms with Crippen molar-refractivity contribution >= 4 is 22.4 Å². The Morgan fingerprint density at radius 3 is 2.56 bits per heavy atom. The maximum Gasteiger partial charge on any atom is 0.416 e. The molecule has 3 rings (SSSR count). The van der Waals surface area contributed by atoms with Gasteiger partial charge in [0.15, 0.2) is 11.2 Å². The van der Waals surface area contributed by atoms with Crippen molar-refractivity contribution < 1.29 is 22.7 Å². The number of alkyl halides is 3. The molecule has 0 spiro atoms. The lowest BCUT2D eigenvalue weighted by molar-refractivity contribution is -0.233. The molecule has 1 amide bonds. The van der Waals surface area contributed by atoms with Crippen molar-refractivity contribution in [1.29, 1.82) is 0 Å². The molecule has 1 aliphatic heterocycles. The van der Waals surface area contributed by atoms with Gasteiger partial charge in [0.1, 0.15) is 0 Å². The Morgan fingerprint density at radius 1 is 1.25 bits per heavy atom. The SMILES string of the molecule is CCCCC(=O)NCc1nc(N2CC(C)OC(C(F)(F)F)C2)sc1-c1cc(C)nc(C)c1. The number of thiazole rings is 1. The van der Waals surface area contributed by atoms with E-state index in [4.69, 9.17) is 4.74 Å². The maximum atomic E-state index is 13.3. The fraction of sp³-hybridized carbons (Fsp3) is 0.591. The van der Waals surface area contributed by atoms with Crippen LogP contribution in [-0.4, -0.2) is 47.3 Å². The van der Waals surface area contributed by atoms with Gasteiger partial charge in [0.05, 0.1) is 29.8 Å². The number of rotatable bonds is 7. The number of anilines is 1. The summed E-state index contributed by atoms with van der Waals surface area (Å²) in [6, 6.07) is 3.85. The number of carbonyl (C=O) groups is 1. The van der Waals surface area contributed by atoms with Gasteiger partial charge in [0, 0.05) is 24.4 Å². The van der Waals surface area contributed by atoms with Crippen molar-refractivity contribution in [2.45, 2.75) is 71.9 Å². The van der Waals surface area contributed by atoms with Crippen LogP contribution < -0.4 is 10.2 Å². The van der Waals surface area contributed by atoms with Crippen LogP contribution in [0, 0.1) is 13.8 Å². The van der Waals surface area contributed by atoms with E-state index < -0.39 is 18.4 Å². The zero-order chi connectivity index (χ0) is 23.5. The Bertz CT molecular complexity index is 927. The molecular formula is C22H29F3N4O2S. The topological polar surface area (TPSA) is 67.4 Å². The molecule has 1 fully saturated rings. The quantitative estimate of drug-likeness (QED) is 0.631. The van der Waals surface area contributed by atoms with Crippen LogP contribution >= 0.6 is 11.3 Å². The highest BCUT2D eigenvalue weighted by Crippen LogP contribution is 2.38. The summed E-state index contributed by atoms with van der Waals surface area (Å²) < 4.78 is 45.1. The first-order chi connectivity index (χ1) is 15.1. The monoisotopic (exact) mass is 470 g/mol. The van der Waals surface area contributed by atoms with Gasteiger partial charge in [-0.15, -0.1) is 0 Å². The number of aryl methyl sites for hydroxylation is 2. The molecule has 1 N–H and O–H groups in total. The van der Waals surface area contributed by atoms with E-state index in [1.54, 1.807) is 11.8 Å². The van der Waals surface area contributed by atoms with Gasteiger partial charge < -0.3 is 15.0 Å². The first-order valence-electron chi connectivity index (χ1n) is 10.8. The lowest BCUT2D eigenvalue weighted by atomic mass is 10.1. The van der Waals surface area contributed by atoms with Crippen molar-refractivity contribution in [2.24, 2.45) is 0 Å². The van der Waals surface area contributed by atoms with Crippen molar-refractivity contribution in [3.8, 4) is 10.4 Å². The van der Waals surface area contributed by atoms with Crippen molar-refractivity contribution in [3.05, 3.63) is 29.2 Å². The van der Waals surface area contributed by atoms with Crippen LogP contribution in [0.15, 0.2) is 12.1 Å². The predicted octanol–water partition coefficient (Wildman–Crippen LogP) is 4.78. The van der Waals surface area contributed by atoms with Crippen molar-refractivity contribution in [2.75, 3.05) is 18.0 Å². The van der Waals surface area contributed by atoms with Gasteiger partial charge in [-0.2, -0.15) is 13.2 Å². The number of nitrogens with zero attached hydrogens (tertiary/aromatic N) is 3. The lowest BCUT2D eigenvalue weighted by Gasteiger charge is -2.37. The van der Waals surface area contributed by atoms with Crippen molar-refractivity contribution in [3.63, 3.8) is 0 Å². The standard InChI is InChI=1S/C22H29F3N4O2S/c1-5-6-7-19(30)26-10-17-20(16-8-13(2)27-14(3)9-16)32-21(28-17)29-11-15(4)31-18(12-29)22(23,24)25/h8-9,15,18H,5-7,10-12H2,1-4H3,(H,26,30). The van der Waals surface area contributed by atoms with Gasteiger partial charge in [-0.05, 0) is 44.9 Å². The summed E-state index contributed by atoms with van der Waals surface area (Å²) in [5.74, 6) is -0.0634. The number of nitrogens with one attached hydrogen (secondary N) is 1. The molecule has 6 nitrogen and oxygen atoms in total. The molecule has 1 saturated heterocycles. The van der Waals surface area contributed by atoms with E-state index in [9.17, 15) is 18.0 Å². The third-order valence-corrected chi connectivity index (χ3v) is 6.34. The highest BCUT2D eigenvalue weighted by molar-refractivity contribution is 7.19. The smallest absolute Gasteiger partial charge is 0.362 e. The second-order valence-electron chi connectivity index (χ2n) is 8.17. The van der Waals surface area contributed by atoms with E-state index in [1.807, 2.05) is 32.9 Å². The van der Waals surface area contributed by atoms with Gasteiger partial charge in [-0.3, -0.25) is 9.78 Å². The molecule has 1 aliphatic rings. The molecule has 0 aromatic carbocycles. The average Bonchev–Trinajstić information content (AvgIpc) is 3.13. The average molecular weight is 471 g/mol. The molecule has 0 bridgehead atoms. The minimum absolute atomic E-state index is 0.0634. The fourth-order valence-electron chi connectivity index (χ4n) is 3.68. The maximum absolute atomic E-state index is 13.3. The molecule has 32 heavy (non-hydrogen) atoms. The first kappa shape index (κ1) is 24.4. The molecule has 0 aliphatic carbocycles. The fourth-order valence-corrected chi connectivity index (χ4v) is 4.77. The summed E-state index contributed by atoms with van der Waals surface area (Å²) in [5.41, 5.74) is 3.21. The summed E-state index contributed by atoms with van der Waals surface area (Å²) in [6.45, 7) is 7.66. The molecule has 2 aromatic rings. The normalized spacial score (nSPS) is 19.3. The minimum Gasteiger partial charge on any atom is -0.362 e. The molecule has 2 atom stereocenters. The van der Waals surface area contributed by atoms with Crippen LogP contribution in [0.25, 0.3) is 10.4 Å². The van der Waals surface area contributed by atoms with Crippen LogP contribution in [0.4, 0.5) is 18.3 Å². The molecular weight excluding hydrogens is 441 g/mol. The number of unbranched alkanes of at least 4 members (excludes halogenated alkanes) is 1. The largest absolute Gasteiger partial charge is 0.416 e. The highest BCUT2D eigenvalue weighted by Gasteiger charge is 2.45. The minimum atomic E-state index is -4.44. The molecule has 3 heterocycles. The number of halogens is 3. The van der Waals surface area contributed by atoms with Crippen LogP contribution in [0.5, 0.6) is 0 Å². The number of hydrogen-bond donors (Lipinski definition) is 1. The molecule has 0 saturated carbocycles. The van der Waals surface area contributed by atoms with Gasteiger partial charge >= 0.3 is 6.18 Å². The van der Waals surface area contributed by atoms with Crippen LogP contribution in [-0.2, 0) is 16.1 Å². The number of ether oxygens (including phenoxy) is 1. The van der Waals surface area contributed by atoms with Crippen LogP contribution in [0.1, 0.15) is 50.2 Å². The lowest BCUT2D eigenvalue weighted by Crippen LogP contribution is -2.52. The number of aromatic nitrogens is 2. The molecule has 0 radical (unpaired) electrons. The number of pyridine rings is 1. The van der Waals surface area contributed by atoms with E-state index in [1.165, 1.54) is 11.3 Å². The zero-order valence-electron chi connectivity index (χ0n) is 18.8. The second kappa shape index (κ2) is 10.2. The van der Waals surface area contributed by atoms with Gasteiger partial charge in [0.25, 0.3) is 0 Å². The van der Waals surface area contributed by atoms with Gasteiger partial charge in [0.2, 0.25) is 5.91 Å². The Balaban J connectivity index is 1.92. The summed E-state index contributed by atoms with van der Waals surface area (Å²) >= 11 is 1.33. The summed E-state index contributed by atoms with van der Waals surface area (Å²) in [6.07, 6.45) is -4.72. The Labute approximate surface area is 190 Å². The van der Waals surface area contributed by atoms with E-state index in [-0.39, 0.29) is 19.0 Å². The second-order valence-corrected chi connectivity index (χ2v) is 9.15. The van der Waals surface area contributed by atoms with E-state index >= 15 is 0 Å². The number of carbonyl (C=O) groups excluding carboxylic acids is 1. The van der Waals surface area contributed by atoms with E-state index in [0.717, 1.165) is 34.7 Å². The third-order valence-electron chi connectivity index (χ3n) is 5.14. The number of hydrogen-bond acceptors (Lipinski definition) is 6. The summed E-state index contributed by atoms with van der Waals surface area (Å²) in [7, 11) is 0. The zero-order valence-corrected chi connectivity index (χ0v) is 19.6. The van der Waals surface area contributed by atoms with Gasteiger partial charge in [-0.25, -0.2) is 4.98 Å². The van der Waals surface area contributed by atoms with E-state index in [0.29, 0.717) is 23.8 Å². The Hall–Kier alpha value is -2.20. The molecule has 2 unspecified atom stereocenters.